The van der Waals surface area contributed by atoms with E-state index in [2.05, 4.69) is 0 Å². The van der Waals surface area contributed by atoms with Crippen LogP contribution in [0.5, 0.6) is 0 Å². The van der Waals surface area contributed by atoms with Crippen molar-refractivity contribution in [3.8, 4) is 0 Å². The number of hydrogen-bond donors (Lipinski definition) is 1. The van der Waals surface area contributed by atoms with Crippen LogP contribution in [0.25, 0.3) is 0 Å². The van der Waals surface area contributed by atoms with Crippen LogP contribution in [-0.4, -0.2) is 12.6 Å². The lowest BCUT2D eigenvalue weighted by Crippen LogP contribution is -2.07. The van der Waals surface area contributed by atoms with Crippen molar-refractivity contribution in [2.45, 2.75) is 20.3 Å². The second kappa shape index (κ2) is 4.65. The van der Waals surface area contributed by atoms with Crippen molar-refractivity contribution in [1.29, 1.82) is 0 Å². The van der Waals surface area contributed by atoms with Gasteiger partial charge in [0.25, 0.3) is 0 Å². The van der Waals surface area contributed by atoms with Gasteiger partial charge in [0.2, 0.25) is 0 Å². The number of hydrogen-bond acceptors (Lipinski definition) is 3. The second-order valence-corrected chi connectivity index (χ2v) is 3.23. The van der Waals surface area contributed by atoms with Crippen LogP contribution in [0.4, 0.5) is 5.69 Å². The molecule has 0 aliphatic rings. The van der Waals surface area contributed by atoms with Gasteiger partial charge in [0.15, 0.2) is 0 Å². The number of carbonyl (C=O) groups is 1. The molecular formula is C11H15NO2. The lowest BCUT2D eigenvalue weighted by atomic mass is 10.1. The second-order valence-electron chi connectivity index (χ2n) is 3.23. The topological polar surface area (TPSA) is 52.3 Å². The molecule has 3 nitrogen and oxygen atoms in total. The molecule has 0 radical (unpaired) electrons. The minimum atomic E-state index is -0.211. The molecule has 0 heterocycles. The van der Waals surface area contributed by atoms with Gasteiger partial charge in [-0.3, -0.25) is 4.79 Å². The predicted molar refractivity (Wildman–Crippen MR) is 55.9 cm³/mol. The molecule has 0 spiro atoms. The summed E-state index contributed by atoms with van der Waals surface area (Å²) in [4.78, 5) is 11.2. The Morgan fingerprint density at radius 2 is 2.14 bits per heavy atom. The van der Waals surface area contributed by atoms with Gasteiger partial charge in [-0.2, -0.15) is 0 Å². The number of benzene rings is 1. The third-order valence-electron chi connectivity index (χ3n) is 1.81. The van der Waals surface area contributed by atoms with Gasteiger partial charge in [0, 0.05) is 5.69 Å². The summed E-state index contributed by atoms with van der Waals surface area (Å²) >= 11 is 0. The smallest absolute Gasteiger partial charge is 0.310 e. The number of ether oxygens (including phenoxy) is 1. The summed E-state index contributed by atoms with van der Waals surface area (Å²) in [5.74, 6) is -0.211. The highest BCUT2D eigenvalue weighted by Crippen LogP contribution is 2.12. The summed E-state index contributed by atoms with van der Waals surface area (Å²) in [6.45, 7) is 4.16. The first kappa shape index (κ1) is 10.6. The Balaban J connectivity index is 2.71. The van der Waals surface area contributed by atoms with E-state index in [-0.39, 0.29) is 5.97 Å². The molecule has 0 saturated heterocycles. The normalized spacial score (nSPS) is 9.86. The van der Waals surface area contributed by atoms with Crippen LogP contribution in [0.15, 0.2) is 18.2 Å². The number of carbonyl (C=O) groups excluding carboxylic acids is 1. The summed E-state index contributed by atoms with van der Waals surface area (Å²) in [5, 5.41) is 0. The monoisotopic (exact) mass is 193 g/mol. The Bertz CT molecular complexity index is 314. The van der Waals surface area contributed by atoms with Crippen LogP contribution in [0.3, 0.4) is 0 Å². The van der Waals surface area contributed by atoms with E-state index in [1.165, 1.54) is 0 Å². The molecule has 0 fully saturated rings. The minimum absolute atomic E-state index is 0.211. The van der Waals surface area contributed by atoms with Gasteiger partial charge in [-0.15, -0.1) is 0 Å². The Morgan fingerprint density at radius 1 is 1.43 bits per heavy atom. The maximum atomic E-state index is 11.2. The van der Waals surface area contributed by atoms with Crippen molar-refractivity contribution < 1.29 is 9.53 Å². The van der Waals surface area contributed by atoms with Crippen molar-refractivity contribution >= 4 is 11.7 Å². The summed E-state index contributed by atoms with van der Waals surface area (Å²) in [5.41, 5.74) is 8.30. The number of nitrogen functional groups attached to an aromatic ring is 1. The zero-order valence-electron chi connectivity index (χ0n) is 8.54. The van der Waals surface area contributed by atoms with Crippen LogP contribution >= 0.6 is 0 Å². The van der Waals surface area contributed by atoms with Gasteiger partial charge in [0.05, 0.1) is 13.0 Å². The van der Waals surface area contributed by atoms with Crippen molar-refractivity contribution in [2.75, 3.05) is 12.3 Å². The average molecular weight is 193 g/mol. The van der Waals surface area contributed by atoms with Gasteiger partial charge in [0.1, 0.15) is 0 Å². The fraction of sp³-hybridized carbons (Fsp3) is 0.364. The molecule has 0 bridgehead atoms. The number of anilines is 1. The highest BCUT2D eigenvalue weighted by atomic mass is 16.5. The highest BCUT2D eigenvalue weighted by molar-refractivity contribution is 5.73. The molecule has 2 N–H and O–H groups in total. The maximum absolute atomic E-state index is 11.2. The lowest BCUT2D eigenvalue weighted by Gasteiger charge is -2.04. The first-order chi connectivity index (χ1) is 6.61. The molecule has 0 unspecified atom stereocenters. The molecule has 14 heavy (non-hydrogen) atoms. The zero-order chi connectivity index (χ0) is 10.6. The number of rotatable bonds is 3. The number of nitrogens with two attached hydrogens (primary N) is 1. The van der Waals surface area contributed by atoms with Crippen LogP contribution in [-0.2, 0) is 16.0 Å². The molecule has 0 aromatic heterocycles. The predicted octanol–water partition coefficient (Wildman–Crippen LogP) is 1.68. The van der Waals surface area contributed by atoms with E-state index >= 15 is 0 Å². The Morgan fingerprint density at radius 3 is 2.71 bits per heavy atom. The van der Waals surface area contributed by atoms with Gasteiger partial charge >= 0.3 is 5.97 Å². The molecule has 0 aliphatic carbocycles. The van der Waals surface area contributed by atoms with E-state index in [0.29, 0.717) is 18.7 Å². The van der Waals surface area contributed by atoms with E-state index in [1.807, 2.05) is 19.1 Å². The molecule has 0 atom stereocenters. The Kier molecular flexibility index (Phi) is 3.51. The van der Waals surface area contributed by atoms with E-state index in [1.54, 1.807) is 13.0 Å². The molecule has 76 valence electrons. The van der Waals surface area contributed by atoms with E-state index in [4.69, 9.17) is 10.5 Å². The largest absolute Gasteiger partial charge is 0.466 e. The maximum Gasteiger partial charge on any atom is 0.310 e. The molecule has 1 aromatic rings. The van der Waals surface area contributed by atoms with Crippen LogP contribution in [0.2, 0.25) is 0 Å². The van der Waals surface area contributed by atoms with Crippen molar-refractivity contribution in [2.24, 2.45) is 0 Å². The van der Waals surface area contributed by atoms with Crippen LogP contribution in [0, 0.1) is 6.92 Å². The first-order valence-corrected chi connectivity index (χ1v) is 4.63. The molecule has 3 heteroatoms. The quantitative estimate of drug-likeness (QED) is 0.587. The summed E-state index contributed by atoms with van der Waals surface area (Å²) in [6.07, 6.45) is 0.291. The van der Waals surface area contributed by atoms with Gasteiger partial charge in [-0.25, -0.2) is 0 Å². The first-order valence-electron chi connectivity index (χ1n) is 4.63. The molecule has 0 aliphatic heterocycles. The third-order valence-corrected chi connectivity index (χ3v) is 1.81. The SMILES string of the molecule is CCOC(=O)Cc1cc(C)cc(N)c1. The summed E-state index contributed by atoms with van der Waals surface area (Å²) < 4.78 is 4.85. The van der Waals surface area contributed by atoms with E-state index in [0.717, 1.165) is 11.1 Å². The molecule has 0 amide bonds. The summed E-state index contributed by atoms with van der Waals surface area (Å²) in [6, 6.07) is 5.60. The lowest BCUT2D eigenvalue weighted by molar-refractivity contribution is -0.142. The average Bonchev–Trinajstić information content (AvgIpc) is 2.01. The molecule has 1 aromatic carbocycles. The van der Waals surface area contributed by atoms with Crippen LogP contribution < -0.4 is 5.73 Å². The van der Waals surface area contributed by atoms with Crippen molar-refractivity contribution in [1.82, 2.24) is 0 Å². The fourth-order valence-electron chi connectivity index (χ4n) is 1.38. The van der Waals surface area contributed by atoms with Gasteiger partial charge in [-0.1, -0.05) is 6.07 Å². The van der Waals surface area contributed by atoms with Crippen molar-refractivity contribution in [3.05, 3.63) is 29.3 Å². The molecular weight excluding hydrogens is 178 g/mol. The fourth-order valence-corrected chi connectivity index (χ4v) is 1.38. The van der Waals surface area contributed by atoms with Gasteiger partial charge in [-0.05, 0) is 37.1 Å². The molecule has 1 rings (SSSR count). The van der Waals surface area contributed by atoms with Crippen LogP contribution in [0.1, 0.15) is 18.1 Å². The van der Waals surface area contributed by atoms with E-state index < -0.39 is 0 Å². The van der Waals surface area contributed by atoms with Crippen molar-refractivity contribution in [3.63, 3.8) is 0 Å². The standard InChI is InChI=1S/C11H15NO2/c1-3-14-11(13)7-9-4-8(2)5-10(12)6-9/h4-6H,3,7,12H2,1-2H3. The Hall–Kier alpha value is -1.51. The third kappa shape index (κ3) is 3.09. The minimum Gasteiger partial charge on any atom is -0.466 e. The molecule has 0 saturated carbocycles. The number of esters is 1. The zero-order valence-corrected chi connectivity index (χ0v) is 8.54. The Labute approximate surface area is 83.9 Å². The van der Waals surface area contributed by atoms with Gasteiger partial charge < -0.3 is 10.5 Å². The highest BCUT2D eigenvalue weighted by Gasteiger charge is 2.04. The number of aryl methyl sites for hydroxylation is 1. The summed E-state index contributed by atoms with van der Waals surface area (Å²) in [7, 11) is 0. The van der Waals surface area contributed by atoms with E-state index in [9.17, 15) is 4.79 Å².